The van der Waals surface area contributed by atoms with Gasteiger partial charge in [0, 0.05) is 13.0 Å². The van der Waals surface area contributed by atoms with Crippen LogP contribution in [0.25, 0.3) is 0 Å². The van der Waals surface area contributed by atoms with Crippen molar-refractivity contribution in [1.82, 2.24) is 0 Å². The topological polar surface area (TPSA) is 155 Å². The number of unbranched alkanes of at least 4 members (excludes halogenated alkanes) is 30. The summed E-state index contributed by atoms with van der Waals surface area (Å²) in [6.07, 6.45) is 50.9. The number of rotatable bonds is 48. The molecule has 0 spiro atoms. The van der Waals surface area contributed by atoms with E-state index in [0.29, 0.717) is 13.0 Å². The number of carbonyl (C=O) groups excluding carboxylic acids is 1. The second-order valence-electron chi connectivity index (χ2n) is 17.0. The van der Waals surface area contributed by atoms with Crippen LogP contribution in [-0.4, -0.2) is 60.5 Å². The number of phosphoric ester groups is 1. The van der Waals surface area contributed by atoms with Crippen molar-refractivity contribution in [3.63, 3.8) is 0 Å². The Bertz CT molecular complexity index is 1060. The predicted molar refractivity (Wildman–Crippen MR) is 249 cm³/mol. The summed E-state index contributed by atoms with van der Waals surface area (Å²) < 4.78 is 33.5. The number of phosphoric acid groups is 1. The second kappa shape index (κ2) is 45.5. The molecule has 11 heteroatoms. The Kier molecular flexibility index (Phi) is 44.3. The lowest BCUT2D eigenvalue weighted by Gasteiger charge is -2.20. The van der Waals surface area contributed by atoms with E-state index < -0.39 is 45.1 Å². The first kappa shape index (κ1) is 58.5. The summed E-state index contributed by atoms with van der Waals surface area (Å²) in [4.78, 5) is 33.6. The molecule has 0 rings (SSSR count). The molecule has 0 fully saturated rings. The Labute approximate surface area is 368 Å². The van der Waals surface area contributed by atoms with Gasteiger partial charge in [-0.05, 0) is 44.9 Å². The molecule has 0 aromatic heterocycles. The number of allylic oxidation sites excluding steroid dienone is 4. The number of carbonyl (C=O) groups is 2. The Morgan fingerprint density at radius 1 is 0.533 bits per heavy atom. The van der Waals surface area contributed by atoms with Crippen LogP contribution < -0.4 is 5.73 Å². The molecule has 0 radical (unpaired) electrons. The molecular formula is C49H94NO9P. The summed E-state index contributed by atoms with van der Waals surface area (Å²) in [5.41, 5.74) is 5.37. The third-order valence-electron chi connectivity index (χ3n) is 11.0. The molecule has 3 atom stereocenters. The van der Waals surface area contributed by atoms with Crippen molar-refractivity contribution in [2.75, 3.05) is 26.4 Å². The number of nitrogens with two attached hydrogens (primary N) is 1. The predicted octanol–water partition coefficient (Wildman–Crippen LogP) is 14.3. The van der Waals surface area contributed by atoms with Crippen LogP contribution >= 0.6 is 7.82 Å². The minimum atomic E-state index is -4.62. The fourth-order valence-electron chi connectivity index (χ4n) is 7.11. The molecule has 10 nitrogen and oxygen atoms in total. The molecule has 4 N–H and O–H groups in total. The zero-order chi connectivity index (χ0) is 44.0. The molecule has 0 aromatic carbocycles. The van der Waals surface area contributed by atoms with Crippen molar-refractivity contribution in [2.24, 2.45) is 5.73 Å². The molecule has 0 aliphatic carbocycles. The van der Waals surface area contributed by atoms with Gasteiger partial charge in [-0.2, -0.15) is 0 Å². The first-order valence-corrected chi connectivity index (χ1v) is 26.4. The molecular weight excluding hydrogens is 778 g/mol. The molecule has 0 heterocycles. The molecule has 354 valence electrons. The summed E-state index contributed by atoms with van der Waals surface area (Å²) in [5, 5.41) is 8.92. The first-order valence-electron chi connectivity index (χ1n) is 24.9. The van der Waals surface area contributed by atoms with Crippen LogP contribution in [-0.2, 0) is 32.7 Å². The molecule has 60 heavy (non-hydrogen) atoms. The summed E-state index contributed by atoms with van der Waals surface area (Å²) >= 11 is 0. The quantitative estimate of drug-likeness (QED) is 0.0233. The van der Waals surface area contributed by atoms with Gasteiger partial charge in [0.1, 0.15) is 12.1 Å². The van der Waals surface area contributed by atoms with E-state index in [1.165, 1.54) is 167 Å². The second-order valence-corrected chi connectivity index (χ2v) is 18.4. The fraction of sp³-hybridized carbons (Fsp3) is 0.878. The van der Waals surface area contributed by atoms with Gasteiger partial charge >= 0.3 is 19.8 Å². The van der Waals surface area contributed by atoms with Crippen molar-refractivity contribution < 1.29 is 42.7 Å². The molecule has 0 saturated carbocycles. The number of carboxylic acid groups (broad SMARTS) is 1. The van der Waals surface area contributed by atoms with E-state index in [-0.39, 0.29) is 13.0 Å². The van der Waals surface area contributed by atoms with Gasteiger partial charge in [0.2, 0.25) is 0 Å². The highest BCUT2D eigenvalue weighted by Crippen LogP contribution is 2.43. The van der Waals surface area contributed by atoms with Crippen molar-refractivity contribution >= 4 is 19.8 Å². The van der Waals surface area contributed by atoms with Crippen molar-refractivity contribution in [3.05, 3.63) is 24.3 Å². The zero-order valence-corrected chi connectivity index (χ0v) is 39.7. The van der Waals surface area contributed by atoms with Crippen LogP contribution in [0.15, 0.2) is 24.3 Å². The first-order chi connectivity index (χ1) is 29.2. The van der Waals surface area contributed by atoms with Crippen molar-refractivity contribution in [3.8, 4) is 0 Å². The Balaban J connectivity index is 4.12. The highest BCUT2D eigenvalue weighted by atomic mass is 31.2. The van der Waals surface area contributed by atoms with E-state index >= 15 is 0 Å². The van der Waals surface area contributed by atoms with Gasteiger partial charge in [0.05, 0.1) is 19.8 Å². The molecule has 0 bridgehead atoms. The molecule has 3 unspecified atom stereocenters. The Hall–Kier alpha value is -1.55. The van der Waals surface area contributed by atoms with Crippen LogP contribution in [0.2, 0.25) is 0 Å². The highest BCUT2D eigenvalue weighted by Gasteiger charge is 2.27. The average Bonchev–Trinajstić information content (AvgIpc) is 3.23. The normalized spacial score (nSPS) is 13.9. The fourth-order valence-corrected chi connectivity index (χ4v) is 7.88. The van der Waals surface area contributed by atoms with Gasteiger partial charge in [-0.25, -0.2) is 4.57 Å². The standard InChI is InChI=1S/C49H94NO9P/c1-3-5-7-9-11-13-15-17-19-21-22-23-24-25-26-27-29-31-33-35-37-39-41-48(51)59-46(44-57-60(54,55)58-45-47(50)49(52)53)43-56-42-40-38-36-34-32-30-28-20-18-16-14-12-10-8-6-4-2/h12,14,18,20,46-47H,3-11,13,15-17,19,21-45,50H2,1-2H3,(H,52,53)(H,54,55)/b14-12-,20-18-. The molecule has 0 amide bonds. The summed E-state index contributed by atoms with van der Waals surface area (Å²) in [6.45, 7) is 3.88. The van der Waals surface area contributed by atoms with E-state index in [4.69, 9.17) is 29.4 Å². The SMILES string of the molecule is CCCCC/C=C\C/C=C\CCCCCCCCOCC(COP(=O)(O)OCC(N)C(=O)O)OC(=O)CCCCCCCCCCCCCCCCCCCCCCCC. The van der Waals surface area contributed by atoms with Crippen LogP contribution in [0, 0.1) is 0 Å². The average molecular weight is 872 g/mol. The maximum atomic E-state index is 12.7. The Morgan fingerprint density at radius 3 is 1.38 bits per heavy atom. The lowest BCUT2D eigenvalue weighted by molar-refractivity contribution is -0.154. The van der Waals surface area contributed by atoms with Gasteiger partial charge in [-0.3, -0.25) is 18.6 Å². The third-order valence-corrected chi connectivity index (χ3v) is 11.9. The number of ether oxygens (including phenoxy) is 2. The van der Waals surface area contributed by atoms with Gasteiger partial charge in [0.15, 0.2) is 0 Å². The van der Waals surface area contributed by atoms with Crippen molar-refractivity contribution in [2.45, 2.75) is 251 Å². The lowest BCUT2D eigenvalue weighted by atomic mass is 10.0. The van der Waals surface area contributed by atoms with Crippen LogP contribution in [0.3, 0.4) is 0 Å². The Morgan fingerprint density at radius 2 is 0.917 bits per heavy atom. The smallest absolute Gasteiger partial charge is 0.472 e. The number of aliphatic carboxylic acids is 1. The maximum absolute atomic E-state index is 12.7. The van der Waals surface area contributed by atoms with Gasteiger partial charge < -0.3 is 25.2 Å². The molecule has 0 aliphatic heterocycles. The van der Waals surface area contributed by atoms with Gasteiger partial charge in [-0.15, -0.1) is 0 Å². The highest BCUT2D eigenvalue weighted by molar-refractivity contribution is 7.47. The van der Waals surface area contributed by atoms with E-state index in [1.807, 2.05) is 0 Å². The molecule has 0 aliphatic rings. The number of esters is 1. The maximum Gasteiger partial charge on any atom is 0.472 e. The van der Waals surface area contributed by atoms with Gasteiger partial charge in [0.25, 0.3) is 0 Å². The molecule has 0 saturated heterocycles. The summed E-state index contributed by atoms with van der Waals surface area (Å²) in [5.74, 6) is -1.77. The largest absolute Gasteiger partial charge is 0.480 e. The summed E-state index contributed by atoms with van der Waals surface area (Å²) in [6, 6.07) is -1.47. The van der Waals surface area contributed by atoms with Gasteiger partial charge in [-0.1, -0.05) is 212 Å². The monoisotopic (exact) mass is 872 g/mol. The minimum Gasteiger partial charge on any atom is -0.480 e. The molecule has 0 aromatic rings. The van der Waals surface area contributed by atoms with Crippen LogP contribution in [0.4, 0.5) is 0 Å². The minimum absolute atomic E-state index is 0.0139. The zero-order valence-electron chi connectivity index (χ0n) is 38.8. The van der Waals surface area contributed by atoms with E-state index in [9.17, 15) is 19.0 Å². The number of hydrogen-bond donors (Lipinski definition) is 3. The van der Waals surface area contributed by atoms with Crippen molar-refractivity contribution in [1.29, 1.82) is 0 Å². The number of hydrogen-bond acceptors (Lipinski definition) is 8. The van der Waals surface area contributed by atoms with E-state index in [2.05, 4.69) is 38.2 Å². The third kappa shape index (κ3) is 44.5. The van der Waals surface area contributed by atoms with E-state index in [1.54, 1.807) is 0 Å². The van der Waals surface area contributed by atoms with Crippen LogP contribution in [0.1, 0.15) is 239 Å². The van der Waals surface area contributed by atoms with Crippen LogP contribution in [0.5, 0.6) is 0 Å². The van der Waals surface area contributed by atoms with E-state index in [0.717, 1.165) is 44.9 Å². The lowest BCUT2D eigenvalue weighted by Crippen LogP contribution is -2.34. The number of carboxylic acids is 1. The summed E-state index contributed by atoms with van der Waals surface area (Å²) in [7, 11) is -4.62.